The van der Waals surface area contributed by atoms with Gasteiger partial charge >= 0.3 is 5.97 Å². The molecule has 7 heteroatoms. The molecule has 1 fully saturated rings. The Labute approximate surface area is 141 Å². The number of amides is 1. The van der Waals surface area contributed by atoms with Gasteiger partial charge in [0, 0.05) is 15.1 Å². The quantitative estimate of drug-likeness (QED) is 0.855. The van der Waals surface area contributed by atoms with E-state index in [0.717, 1.165) is 16.5 Å². The fourth-order valence-corrected chi connectivity index (χ4v) is 4.41. The summed E-state index contributed by atoms with van der Waals surface area (Å²) < 4.78 is 0.837. The maximum atomic E-state index is 12.5. The number of halogens is 2. The van der Waals surface area contributed by atoms with Crippen LogP contribution in [0.5, 0.6) is 0 Å². The van der Waals surface area contributed by atoms with Crippen LogP contribution in [0, 0.1) is 0 Å². The number of carboxylic acid groups (broad SMARTS) is 1. The fourth-order valence-electron chi connectivity index (χ4n) is 2.72. The number of nitrogens with one attached hydrogen (secondary N) is 1. The fraction of sp³-hybridized carbons (Fsp3) is 0.333. The third kappa shape index (κ3) is 2.81. The second-order valence-corrected chi connectivity index (χ2v) is 7.41. The molecule has 2 aromatic rings. The molecule has 116 valence electrons. The molecule has 1 aromatic carbocycles. The van der Waals surface area contributed by atoms with Gasteiger partial charge in [-0.05, 0) is 31.4 Å². The van der Waals surface area contributed by atoms with Gasteiger partial charge in [0.25, 0.3) is 5.91 Å². The van der Waals surface area contributed by atoms with Crippen molar-refractivity contribution in [1.29, 1.82) is 0 Å². The highest BCUT2D eigenvalue weighted by Crippen LogP contribution is 2.39. The van der Waals surface area contributed by atoms with E-state index in [4.69, 9.17) is 28.3 Å². The molecule has 3 rings (SSSR count). The van der Waals surface area contributed by atoms with E-state index in [2.05, 4.69) is 5.32 Å². The summed E-state index contributed by atoms with van der Waals surface area (Å²) >= 11 is 13.5. The first-order chi connectivity index (χ1) is 10.4. The zero-order chi connectivity index (χ0) is 15.9. The highest BCUT2D eigenvalue weighted by molar-refractivity contribution is 7.21. The molecule has 1 aliphatic rings. The van der Waals surface area contributed by atoms with E-state index in [1.54, 1.807) is 18.2 Å². The number of hydrogen-bond acceptors (Lipinski definition) is 3. The van der Waals surface area contributed by atoms with Crippen LogP contribution in [0.3, 0.4) is 0 Å². The van der Waals surface area contributed by atoms with E-state index in [1.807, 2.05) is 0 Å². The number of hydrogen-bond donors (Lipinski definition) is 2. The lowest BCUT2D eigenvalue weighted by Gasteiger charge is -2.41. The predicted octanol–water partition coefficient (Wildman–Crippen LogP) is 4.34. The molecule has 1 amide bonds. The number of fused-ring (bicyclic) bond motifs is 1. The maximum absolute atomic E-state index is 12.5. The molecule has 4 nitrogen and oxygen atoms in total. The van der Waals surface area contributed by atoms with Crippen molar-refractivity contribution in [3.8, 4) is 0 Å². The van der Waals surface area contributed by atoms with Crippen molar-refractivity contribution >= 4 is 56.5 Å². The van der Waals surface area contributed by atoms with Crippen LogP contribution in [0.2, 0.25) is 10.0 Å². The lowest BCUT2D eigenvalue weighted by atomic mass is 9.74. The molecule has 2 N–H and O–H groups in total. The molecular weight excluding hydrogens is 345 g/mol. The molecule has 22 heavy (non-hydrogen) atoms. The first-order valence-electron chi connectivity index (χ1n) is 6.82. The highest BCUT2D eigenvalue weighted by atomic mass is 35.5. The van der Waals surface area contributed by atoms with Crippen LogP contribution >= 0.6 is 34.5 Å². The average Bonchev–Trinajstić information content (AvgIpc) is 2.72. The van der Waals surface area contributed by atoms with E-state index < -0.39 is 11.5 Å². The number of rotatable bonds is 4. The van der Waals surface area contributed by atoms with Gasteiger partial charge < -0.3 is 10.4 Å². The minimum absolute atomic E-state index is 0.0624. The molecule has 0 spiro atoms. The molecule has 0 saturated heterocycles. The highest BCUT2D eigenvalue weighted by Gasteiger charge is 2.41. The third-order valence-corrected chi connectivity index (χ3v) is 5.87. The summed E-state index contributed by atoms with van der Waals surface area (Å²) in [6.07, 6.45) is 2.22. The Balaban J connectivity index is 1.89. The number of carbonyl (C=O) groups is 2. The van der Waals surface area contributed by atoms with Gasteiger partial charge in [-0.25, -0.2) is 0 Å². The van der Waals surface area contributed by atoms with Gasteiger partial charge in [-0.2, -0.15) is 0 Å². The van der Waals surface area contributed by atoms with Gasteiger partial charge in [0.2, 0.25) is 0 Å². The lowest BCUT2D eigenvalue weighted by Crippen LogP contribution is -2.54. The summed E-state index contributed by atoms with van der Waals surface area (Å²) in [6.45, 7) is 0. The topological polar surface area (TPSA) is 66.4 Å². The third-order valence-electron chi connectivity index (χ3n) is 3.98. The van der Waals surface area contributed by atoms with E-state index in [-0.39, 0.29) is 12.3 Å². The largest absolute Gasteiger partial charge is 0.481 e. The van der Waals surface area contributed by atoms with Crippen LogP contribution in [0.25, 0.3) is 10.1 Å². The monoisotopic (exact) mass is 357 g/mol. The minimum atomic E-state index is -0.908. The zero-order valence-corrected chi connectivity index (χ0v) is 13.8. The van der Waals surface area contributed by atoms with Crippen molar-refractivity contribution in [3.63, 3.8) is 0 Å². The van der Waals surface area contributed by atoms with Crippen LogP contribution < -0.4 is 5.32 Å². The number of thiophene rings is 1. The number of benzene rings is 1. The second-order valence-electron chi connectivity index (χ2n) is 5.54. The van der Waals surface area contributed by atoms with Crippen LogP contribution in [0.15, 0.2) is 18.2 Å². The zero-order valence-electron chi connectivity index (χ0n) is 11.5. The smallest absolute Gasteiger partial charge is 0.305 e. The number of aliphatic carboxylic acids is 1. The van der Waals surface area contributed by atoms with E-state index in [1.165, 1.54) is 11.3 Å². The summed E-state index contributed by atoms with van der Waals surface area (Å²) in [5, 5.41) is 13.6. The van der Waals surface area contributed by atoms with Gasteiger partial charge in [-0.1, -0.05) is 29.3 Å². The Morgan fingerprint density at radius 1 is 1.32 bits per heavy atom. The first-order valence-corrected chi connectivity index (χ1v) is 8.39. The summed E-state index contributed by atoms with van der Waals surface area (Å²) in [5.41, 5.74) is -0.639. The normalized spacial score (nSPS) is 16.3. The van der Waals surface area contributed by atoms with Crippen molar-refractivity contribution < 1.29 is 14.7 Å². The van der Waals surface area contributed by atoms with Gasteiger partial charge in [0.05, 0.1) is 17.0 Å². The molecule has 0 atom stereocenters. The second kappa shape index (κ2) is 5.72. The van der Waals surface area contributed by atoms with Gasteiger partial charge in [-0.3, -0.25) is 9.59 Å². The minimum Gasteiger partial charge on any atom is -0.481 e. The van der Waals surface area contributed by atoms with E-state index >= 15 is 0 Å². The molecule has 0 radical (unpaired) electrons. The van der Waals surface area contributed by atoms with Crippen molar-refractivity contribution in [2.45, 2.75) is 31.2 Å². The summed E-state index contributed by atoms with van der Waals surface area (Å²) in [4.78, 5) is 23.9. The van der Waals surface area contributed by atoms with E-state index in [9.17, 15) is 9.59 Å². The van der Waals surface area contributed by atoms with Gasteiger partial charge in [0.1, 0.15) is 4.88 Å². The average molecular weight is 358 g/mol. The Bertz CT molecular complexity index is 767. The Hall–Kier alpha value is -1.30. The van der Waals surface area contributed by atoms with Gasteiger partial charge in [-0.15, -0.1) is 11.3 Å². The Kier molecular flexibility index (Phi) is 4.05. The van der Waals surface area contributed by atoms with Crippen LogP contribution in [0.4, 0.5) is 0 Å². The molecule has 0 unspecified atom stereocenters. The SMILES string of the molecule is O=C(O)CC1(NC(=O)c2sc3cc(Cl)ccc3c2Cl)CCC1. The Morgan fingerprint density at radius 3 is 2.64 bits per heavy atom. The molecule has 1 aliphatic carbocycles. The van der Waals surface area contributed by atoms with Gasteiger partial charge in [0.15, 0.2) is 0 Å². The summed E-state index contributed by atoms with van der Waals surface area (Å²) in [5.74, 6) is -1.22. The molecule has 0 bridgehead atoms. The summed E-state index contributed by atoms with van der Waals surface area (Å²) in [7, 11) is 0. The van der Waals surface area contributed by atoms with Crippen LogP contribution in [-0.4, -0.2) is 22.5 Å². The lowest BCUT2D eigenvalue weighted by molar-refractivity contribution is -0.139. The van der Waals surface area contributed by atoms with Crippen molar-refractivity contribution in [2.75, 3.05) is 0 Å². The van der Waals surface area contributed by atoms with Crippen molar-refractivity contribution in [1.82, 2.24) is 5.32 Å². The molecular formula is C15H13Cl2NO3S. The summed E-state index contributed by atoms with van der Waals surface area (Å²) in [6, 6.07) is 5.27. The predicted molar refractivity (Wildman–Crippen MR) is 88.1 cm³/mol. The molecule has 1 saturated carbocycles. The molecule has 0 aliphatic heterocycles. The Morgan fingerprint density at radius 2 is 2.05 bits per heavy atom. The van der Waals surface area contributed by atoms with Crippen molar-refractivity contribution in [3.05, 3.63) is 33.1 Å². The van der Waals surface area contributed by atoms with Crippen LogP contribution in [-0.2, 0) is 4.79 Å². The van der Waals surface area contributed by atoms with Crippen molar-refractivity contribution in [2.24, 2.45) is 0 Å². The van der Waals surface area contributed by atoms with Crippen LogP contribution in [0.1, 0.15) is 35.4 Å². The molecule has 1 aromatic heterocycles. The number of carboxylic acids is 1. The van der Waals surface area contributed by atoms with E-state index in [0.29, 0.717) is 27.8 Å². The number of carbonyl (C=O) groups excluding carboxylic acids is 1. The maximum Gasteiger partial charge on any atom is 0.305 e. The standard InChI is InChI=1S/C15H13Cl2NO3S/c16-8-2-3-9-10(6-8)22-13(12(9)17)14(21)18-15(4-1-5-15)7-11(19)20/h2-3,6H,1,4-5,7H2,(H,18,21)(H,19,20). The molecule has 1 heterocycles. The first kappa shape index (κ1) is 15.6.